The van der Waals surface area contributed by atoms with Gasteiger partial charge in [0, 0.05) is 17.3 Å². The van der Waals surface area contributed by atoms with E-state index in [2.05, 4.69) is 4.72 Å². The van der Waals surface area contributed by atoms with Gasteiger partial charge in [0.25, 0.3) is 10.0 Å². The average molecular weight is 461 g/mol. The Kier molecular flexibility index (Phi) is 6.13. The van der Waals surface area contributed by atoms with Crippen molar-refractivity contribution in [2.45, 2.75) is 29.5 Å². The summed E-state index contributed by atoms with van der Waals surface area (Å²) >= 11 is 7.15. The molecule has 0 bridgehead atoms. The van der Waals surface area contributed by atoms with Crippen LogP contribution in [0.15, 0.2) is 70.3 Å². The van der Waals surface area contributed by atoms with Gasteiger partial charge in [-0.25, -0.2) is 8.42 Å². The topological polar surface area (TPSA) is 66.5 Å². The lowest BCUT2D eigenvalue weighted by molar-refractivity contribution is -0.131. The highest BCUT2D eigenvalue weighted by Crippen LogP contribution is 2.33. The van der Waals surface area contributed by atoms with Gasteiger partial charge in [-0.05, 0) is 59.7 Å². The SMILES string of the molecule is O=C(Cc1ccc(NS(=O)(=O)c2cccs2)cc1)N1CCCC1c1ccc(Cl)cc1. The quantitative estimate of drug-likeness (QED) is 0.556. The number of carbonyl (C=O) groups excluding carboxylic acids is 1. The average Bonchev–Trinajstić information content (AvgIpc) is 3.42. The molecule has 0 spiro atoms. The molecule has 1 N–H and O–H groups in total. The molecule has 2 heterocycles. The number of likely N-dealkylation sites (tertiary alicyclic amines) is 1. The van der Waals surface area contributed by atoms with Crippen molar-refractivity contribution in [3.8, 4) is 0 Å². The first-order chi connectivity index (χ1) is 14.4. The standard InChI is InChI=1S/C22H21ClN2O3S2/c23-18-9-7-17(8-10-18)20-3-1-13-25(20)21(26)15-16-5-11-19(12-6-16)24-30(27,28)22-4-2-14-29-22/h2,4-12,14,20,24H,1,3,13,15H2. The minimum atomic E-state index is -3.58. The summed E-state index contributed by atoms with van der Waals surface area (Å²) < 4.78 is 27.5. The van der Waals surface area contributed by atoms with Crippen LogP contribution in [0.1, 0.15) is 30.0 Å². The molecule has 3 aromatic rings. The summed E-state index contributed by atoms with van der Waals surface area (Å²) in [5.74, 6) is 0.0689. The summed E-state index contributed by atoms with van der Waals surface area (Å²) in [6, 6.07) is 18.0. The lowest BCUT2D eigenvalue weighted by atomic mass is 10.0. The maximum absolute atomic E-state index is 12.9. The van der Waals surface area contributed by atoms with Gasteiger partial charge in [-0.3, -0.25) is 9.52 Å². The van der Waals surface area contributed by atoms with Gasteiger partial charge in [0.1, 0.15) is 4.21 Å². The van der Waals surface area contributed by atoms with E-state index >= 15 is 0 Å². The van der Waals surface area contributed by atoms with E-state index in [-0.39, 0.29) is 22.6 Å². The first-order valence-corrected chi connectivity index (χ1v) is 12.4. The molecule has 2 aromatic carbocycles. The number of hydrogen-bond donors (Lipinski definition) is 1. The molecule has 0 saturated carbocycles. The zero-order valence-electron chi connectivity index (χ0n) is 16.1. The summed E-state index contributed by atoms with van der Waals surface area (Å²) in [5, 5.41) is 2.41. The van der Waals surface area contributed by atoms with E-state index in [4.69, 9.17) is 11.6 Å². The maximum Gasteiger partial charge on any atom is 0.271 e. The Bertz CT molecular complexity index is 1110. The number of rotatable bonds is 6. The molecule has 5 nitrogen and oxygen atoms in total. The smallest absolute Gasteiger partial charge is 0.271 e. The summed E-state index contributed by atoms with van der Waals surface area (Å²) in [6.45, 7) is 0.741. The Morgan fingerprint density at radius 2 is 1.83 bits per heavy atom. The van der Waals surface area contributed by atoms with Crippen molar-refractivity contribution in [3.63, 3.8) is 0 Å². The lowest BCUT2D eigenvalue weighted by Gasteiger charge is -2.25. The molecular formula is C22H21ClN2O3S2. The van der Waals surface area contributed by atoms with Crippen molar-refractivity contribution >= 4 is 44.6 Å². The third-order valence-electron chi connectivity index (χ3n) is 5.15. The Morgan fingerprint density at radius 3 is 2.50 bits per heavy atom. The molecule has 4 rings (SSSR count). The summed E-state index contributed by atoms with van der Waals surface area (Å²) in [7, 11) is -3.58. The maximum atomic E-state index is 12.9. The fourth-order valence-electron chi connectivity index (χ4n) is 3.69. The molecule has 0 aliphatic carbocycles. The number of carbonyl (C=O) groups is 1. The fraction of sp³-hybridized carbons (Fsp3) is 0.227. The van der Waals surface area contributed by atoms with E-state index in [1.54, 1.807) is 41.8 Å². The highest BCUT2D eigenvalue weighted by molar-refractivity contribution is 7.94. The molecule has 1 aliphatic heterocycles. The van der Waals surface area contributed by atoms with Crippen molar-refractivity contribution in [1.82, 2.24) is 4.90 Å². The number of thiophene rings is 1. The fourth-order valence-corrected chi connectivity index (χ4v) is 5.86. The van der Waals surface area contributed by atoms with Gasteiger partial charge in [-0.1, -0.05) is 41.9 Å². The van der Waals surface area contributed by atoms with Crippen LogP contribution < -0.4 is 4.72 Å². The third-order valence-corrected chi connectivity index (χ3v) is 8.18. The molecule has 156 valence electrons. The van der Waals surface area contributed by atoms with Crippen LogP contribution >= 0.6 is 22.9 Å². The van der Waals surface area contributed by atoms with Crippen LogP contribution in [0, 0.1) is 0 Å². The minimum absolute atomic E-state index is 0.0689. The van der Waals surface area contributed by atoms with Crippen LogP contribution in [0.25, 0.3) is 0 Å². The molecule has 1 unspecified atom stereocenters. The second-order valence-electron chi connectivity index (χ2n) is 7.21. The first kappa shape index (κ1) is 20.9. The second-order valence-corrected chi connectivity index (χ2v) is 10.5. The largest absolute Gasteiger partial charge is 0.335 e. The zero-order chi connectivity index (χ0) is 21.1. The van der Waals surface area contributed by atoms with E-state index in [9.17, 15) is 13.2 Å². The van der Waals surface area contributed by atoms with Crippen molar-refractivity contribution < 1.29 is 13.2 Å². The first-order valence-electron chi connectivity index (χ1n) is 9.62. The highest BCUT2D eigenvalue weighted by Gasteiger charge is 2.29. The van der Waals surface area contributed by atoms with Crippen LogP contribution in [-0.2, 0) is 21.2 Å². The van der Waals surface area contributed by atoms with Gasteiger partial charge >= 0.3 is 0 Å². The van der Waals surface area contributed by atoms with Crippen LogP contribution in [0.5, 0.6) is 0 Å². The predicted molar refractivity (Wildman–Crippen MR) is 120 cm³/mol. The molecule has 1 saturated heterocycles. The molecule has 30 heavy (non-hydrogen) atoms. The lowest BCUT2D eigenvalue weighted by Crippen LogP contribution is -2.31. The second kappa shape index (κ2) is 8.79. The Balaban J connectivity index is 1.41. The molecule has 1 aromatic heterocycles. The number of amides is 1. The van der Waals surface area contributed by atoms with E-state index < -0.39 is 10.0 Å². The summed E-state index contributed by atoms with van der Waals surface area (Å²) in [6.07, 6.45) is 2.20. The highest BCUT2D eigenvalue weighted by atomic mass is 35.5. The van der Waals surface area contributed by atoms with E-state index in [1.807, 2.05) is 29.2 Å². The number of benzene rings is 2. The Hall–Kier alpha value is -2.35. The summed E-state index contributed by atoms with van der Waals surface area (Å²) in [5.41, 5.74) is 2.42. The van der Waals surface area contributed by atoms with Gasteiger partial charge in [0.15, 0.2) is 0 Å². The number of nitrogens with one attached hydrogen (secondary N) is 1. The van der Waals surface area contributed by atoms with Gasteiger partial charge in [0.2, 0.25) is 5.91 Å². The monoisotopic (exact) mass is 460 g/mol. The molecule has 1 amide bonds. The van der Waals surface area contributed by atoms with Crippen LogP contribution in [0.4, 0.5) is 5.69 Å². The molecule has 1 fully saturated rings. The summed E-state index contributed by atoms with van der Waals surface area (Å²) in [4.78, 5) is 14.9. The normalized spacial score (nSPS) is 16.6. The number of hydrogen-bond acceptors (Lipinski definition) is 4. The molecule has 8 heteroatoms. The minimum Gasteiger partial charge on any atom is -0.335 e. The Labute approximate surface area is 185 Å². The Morgan fingerprint density at radius 1 is 1.10 bits per heavy atom. The molecular weight excluding hydrogens is 440 g/mol. The van der Waals surface area contributed by atoms with E-state index in [1.165, 1.54) is 11.3 Å². The van der Waals surface area contributed by atoms with Gasteiger partial charge in [0.05, 0.1) is 12.5 Å². The van der Waals surface area contributed by atoms with E-state index in [0.717, 1.165) is 30.5 Å². The number of sulfonamides is 1. The molecule has 1 atom stereocenters. The van der Waals surface area contributed by atoms with E-state index in [0.29, 0.717) is 10.7 Å². The number of anilines is 1. The molecule has 1 aliphatic rings. The van der Waals surface area contributed by atoms with Crippen LogP contribution in [0.2, 0.25) is 5.02 Å². The van der Waals surface area contributed by atoms with Crippen LogP contribution in [0.3, 0.4) is 0 Å². The van der Waals surface area contributed by atoms with Crippen LogP contribution in [-0.4, -0.2) is 25.8 Å². The van der Waals surface area contributed by atoms with Gasteiger partial charge < -0.3 is 4.90 Å². The van der Waals surface area contributed by atoms with Crippen molar-refractivity contribution in [2.75, 3.05) is 11.3 Å². The van der Waals surface area contributed by atoms with Gasteiger partial charge in [-0.15, -0.1) is 11.3 Å². The van der Waals surface area contributed by atoms with Crippen molar-refractivity contribution in [3.05, 3.63) is 82.2 Å². The van der Waals surface area contributed by atoms with Crippen molar-refractivity contribution in [1.29, 1.82) is 0 Å². The van der Waals surface area contributed by atoms with Gasteiger partial charge in [-0.2, -0.15) is 0 Å². The molecule has 0 radical (unpaired) electrons. The number of nitrogens with zero attached hydrogens (tertiary/aromatic N) is 1. The van der Waals surface area contributed by atoms with Crippen molar-refractivity contribution in [2.24, 2.45) is 0 Å². The zero-order valence-corrected chi connectivity index (χ0v) is 18.5. The number of halogens is 1. The predicted octanol–water partition coefficient (Wildman–Crippen LogP) is 5.11. The third kappa shape index (κ3) is 4.69.